The van der Waals surface area contributed by atoms with Gasteiger partial charge < -0.3 is 15.2 Å². The van der Waals surface area contributed by atoms with Crippen LogP contribution in [0.4, 0.5) is 11.6 Å². The van der Waals surface area contributed by atoms with Crippen molar-refractivity contribution in [2.45, 2.75) is 6.42 Å². The highest BCUT2D eigenvalue weighted by atomic mass is 35.5. The van der Waals surface area contributed by atoms with E-state index in [1.165, 1.54) is 0 Å². The van der Waals surface area contributed by atoms with Gasteiger partial charge in [-0.1, -0.05) is 35.3 Å². The number of carbonyl (C=O) groups excluding carboxylic acids is 1. The molecule has 1 aromatic heterocycles. The summed E-state index contributed by atoms with van der Waals surface area (Å²) in [5.41, 5.74) is 2.55. The number of H-pyrrole nitrogens is 1. The first-order valence-corrected chi connectivity index (χ1v) is 10.0. The van der Waals surface area contributed by atoms with E-state index in [1.54, 1.807) is 18.2 Å². The molecule has 3 aromatic rings. The molecule has 1 amide bonds. The fourth-order valence-corrected chi connectivity index (χ4v) is 3.75. The Morgan fingerprint density at radius 3 is 2.82 bits per heavy atom. The molecule has 146 valence electrons. The van der Waals surface area contributed by atoms with Gasteiger partial charge >= 0.3 is 0 Å². The third kappa shape index (κ3) is 4.41. The van der Waals surface area contributed by atoms with Crippen LogP contribution in [0.25, 0.3) is 11.0 Å². The van der Waals surface area contributed by atoms with Crippen LogP contribution >= 0.6 is 23.2 Å². The summed E-state index contributed by atoms with van der Waals surface area (Å²) in [7, 11) is 0. The van der Waals surface area contributed by atoms with Crippen molar-refractivity contribution < 1.29 is 4.79 Å². The Bertz CT molecular complexity index is 957. The molecule has 0 bridgehead atoms. The number of rotatable bonds is 4. The second kappa shape index (κ2) is 8.39. The predicted octanol–water partition coefficient (Wildman–Crippen LogP) is 4.02. The van der Waals surface area contributed by atoms with Gasteiger partial charge in [-0.15, -0.1) is 0 Å². The molecule has 1 aliphatic heterocycles. The molecule has 0 radical (unpaired) electrons. The van der Waals surface area contributed by atoms with Gasteiger partial charge in [-0.05, 0) is 36.8 Å². The van der Waals surface area contributed by atoms with Crippen LogP contribution in [0.5, 0.6) is 0 Å². The number of benzene rings is 2. The van der Waals surface area contributed by atoms with Crippen molar-refractivity contribution in [3.63, 3.8) is 0 Å². The molecular formula is C20H21Cl2N5O. The third-order valence-corrected chi connectivity index (χ3v) is 5.40. The quantitative estimate of drug-likeness (QED) is 0.672. The van der Waals surface area contributed by atoms with Crippen molar-refractivity contribution >= 4 is 51.8 Å². The maximum absolute atomic E-state index is 12.4. The number of aromatic amines is 1. The lowest BCUT2D eigenvalue weighted by atomic mass is 10.3. The van der Waals surface area contributed by atoms with E-state index in [-0.39, 0.29) is 5.91 Å². The Hall–Kier alpha value is -2.28. The average Bonchev–Trinajstić information content (AvgIpc) is 2.97. The van der Waals surface area contributed by atoms with Crippen molar-refractivity contribution in [3.8, 4) is 0 Å². The summed E-state index contributed by atoms with van der Waals surface area (Å²) >= 11 is 12.1. The van der Waals surface area contributed by atoms with E-state index in [0.29, 0.717) is 22.3 Å². The fourth-order valence-electron chi connectivity index (χ4n) is 3.42. The summed E-state index contributed by atoms with van der Waals surface area (Å²) in [5.74, 6) is 0.791. The molecule has 0 saturated carbocycles. The van der Waals surface area contributed by atoms with Crippen molar-refractivity contribution in [2.24, 2.45) is 0 Å². The zero-order valence-corrected chi connectivity index (χ0v) is 16.8. The highest BCUT2D eigenvalue weighted by Crippen LogP contribution is 2.25. The summed E-state index contributed by atoms with van der Waals surface area (Å²) in [6.45, 7) is 3.67. The lowest BCUT2D eigenvalue weighted by Crippen LogP contribution is -2.36. The number of anilines is 2. The van der Waals surface area contributed by atoms with Gasteiger partial charge in [0.25, 0.3) is 0 Å². The van der Waals surface area contributed by atoms with Crippen LogP contribution in [0.3, 0.4) is 0 Å². The van der Waals surface area contributed by atoms with Crippen molar-refractivity contribution in [1.29, 1.82) is 0 Å². The lowest BCUT2D eigenvalue weighted by molar-refractivity contribution is -0.117. The molecule has 1 fully saturated rings. The average molecular weight is 418 g/mol. The maximum atomic E-state index is 12.4. The van der Waals surface area contributed by atoms with Gasteiger partial charge in [0, 0.05) is 31.2 Å². The van der Waals surface area contributed by atoms with E-state index in [4.69, 9.17) is 23.2 Å². The molecule has 2 aromatic carbocycles. The van der Waals surface area contributed by atoms with E-state index in [9.17, 15) is 4.79 Å². The van der Waals surface area contributed by atoms with E-state index < -0.39 is 0 Å². The van der Waals surface area contributed by atoms with Crippen LogP contribution < -0.4 is 10.2 Å². The van der Waals surface area contributed by atoms with Gasteiger partial charge in [0.2, 0.25) is 11.9 Å². The molecule has 6 nitrogen and oxygen atoms in total. The maximum Gasteiger partial charge on any atom is 0.238 e. The molecule has 2 heterocycles. The largest absolute Gasteiger partial charge is 0.341 e. The van der Waals surface area contributed by atoms with Crippen molar-refractivity contribution in [1.82, 2.24) is 14.9 Å². The SMILES string of the molecule is O=C(CN1CCCN(c2nc3ccccc3[nH]2)CC1)Nc1cc(Cl)ccc1Cl. The second-order valence-electron chi connectivity index (χ2n) is 6.87. The molecule has 0 spiro atoms. The minimum atomic E-state index is -0.0960. The number of hydrogen-bond donors (Lipinski definition) is 2. The zero-order chi connectivity index (χ0) is 19.5. The minimum absolute atomic E-state index is 0.0960. The molecule has 0 unspecified atom stereocenters. The molecule has 4 rings (SSSR count). The number of halogens is 2. The molecule has 8 heteroatoms. The predicted molar refractivity (Wildman–Crippen MR) is 114 cm³/mol. The Morgan fingerprint density at radius 2 is 1.96 bits per heavy atom. The van der Waals surface area contributed by atoms with Gasteiger partial charge in [0.15, 0.2) is 0 Å². The Morgan fingerprint density at radius 1 is 1.11 bits per heavy atom. The van der Waals surface area contributed by atoms with Gasteiger partial charge in [-0.3, -0.25) is 9.69 Å². The smallest absolute Gasteiger partial charge is 0.238 e. The number of fused-ring (bicyclic) bond motifs is 1. The highest BCUT2D eigenvalue weighted by Gasteiger charge is 2.19. The first-order chi connectivity index (χ1) is 13.6. The normalized spacial score (nSPS) is 15.6. The first kappa shape index (κ1) is 19.1. The third-order valence-electron chi connectivity index (χ3n) is 4.83. The van der Waals surface area contributed by atoms with Crippen molar-refractivity contribution in [2.75, 3.05) is 42.9 Å². The monoisotopic (exact) mass is 417 g/mol. The molecule has 1 aliphatic rings. The highest BCUT2D eigenvalue weighted by molar-refractivity contribution is 6.35. The number of imidazole rings is 1. The van der Waals surface area contributed by atoms with Crippen LogP contribution in [0.15, 0.2) is 42.5 Å². The number of amides is 1. The standard InChI is InChI=1S/C20H21Cl2N5O/c21-14-6-7-15(22)18(12-14)23-19(28)13-26-8-3-9-27(11-10-26)20-24-16-4-1-2-5-17(16)25-20/h1-2,4-7,12H,3,8-11,13H2,(H,23,28)(H,24,25). The van der Waals surface area contributed by atoms with Crippen LogP contribution in [0.2, 0.25) is 10.0 Å². The van der Waals surface area contributed by atoms with Crippen LogP contribution in [-0.4, -0.2) is 53.5 Å². The topological polar surface area (TPSA) is 64.3 Å². The lowest BCUT2D eigenvalue weighted by Gasteiger charge is -2.21. The summed E-state index contributed by atoms with van der Waals surface area (Å²) < 4.78 is 0. The Balaban J connectivity index is 1.36. The fraction of sp³-hybridized carbons (Fsp3) is 0.300. The number of carbonyl (C=O) groups is 1. The summed E-state index contributed by atoms with van der Waals surface area (Å²) in [6, 6.07) is 13.1. The number of hydrogen-bond acceptors (Lipinski definition) is 4. The van der Waals surface area contributed by atoms with Gasteiger partial charge in [0.1, 0.15) is 0 Å². The number of nitrogens with zero attached hydrogens (tertiary/aromatic N) is 3. The molecule has 28 heavy (non-hydrogen) atoms. The summed E-state index contributed by atoms with van der Waals surface area (Å²) in [6.07, 6.45) is 0.961. The summed E-state index contributed by atoms with van der Waals surface area (Å²) in [5, 5.41) is 3.86. The molecule has 2 N–H and O–H groups in total. The van der Waals surface area contributed by atoms with E-state index in [1.807, 2.05) is 24.3 Å². The van der Waals surface area contributed by atoms with Crippen molar-refractivity contribution in [3.05, 3.63) is 52.5 Å². The molecular weight excluding hydrogens is 397 g/mol. The van der Waals surface area contributed by atoms with E-state index in [0.717, 1.165) is 49.6 Å². The zero-order valence-electron chi connectivity index (χ0n) is 15.3. The number of aromatic nitrogens is 2. The van der Waals surface area contributed by atoms with Crippen LogP contribution in [0.1, 0.15) is 6.42 Å². The van der Waals surface area contributed by atoms with Gasteiger partial charge in [-0.25, -0.2) is 4.98 Å². The summed E-state index contributed by atoms with van der Waals surface area (Å²) in [4.78, 5) is 24.9. The van der Waals surface area contributed by atoms with Gasteiger partial charge in [-0.2, -0.15) is 0 Å². The second-order valence-corrected chi connectivity index (χ2v) is 7.71. The van der Waals surface area contributed by atoms with E-state index >= 15 is 0 Å². The Kier molecular flexibility index (Phi) is 5.71. The molecule has 0 atom stereocenters. The number of nitrogens with one attached hydrogen (secondary N) is 2. The first-order valence-electron chi connectivity index (χ1n) is 9.25. The van der Waals surface area contributed by atoms with Gasteiger partial charge in [0.05, 0.1) is 28.3 Å². The minimum Gasteiger partial charge on any atom is -0.341 e. The van der Waals surface area contributed by atoms with E-state index in [2.05, 4.69) is 25.1 Å². The molecule has 0 aliphatic carbocycles. The number of para-hydroxylation sites is 2. The molecule has 1 saturated heterocycles. The van der Waals surface area contributed by atoms with Crippen LogP contribution in [-0.2, 0) is 4.79 Å². The Labute approximate surface area is 173 Å². The van der Waals surface area contributed by atoms with Crippen LogP contribution in [0, 0.1) is 0 Å².